The molecule has 0 radical (unpaired) electrons. The van der Waals surface area contributed by atoms with Crippen molar-refractivity contribution in [3.05, 3.63) is 6.42 Å². The van der Waals surface area contributed by atoms with Gasteiger partial charge >= 0.3 is 18.9 Å². The van der Waals surface area contributed by atoms with Crippen LogP contribution in [0.4, 0.5) is 0 Å². The van der Waals surface area contributed by atoms with Gasteiger partial charge in [-0.3, -0.25) is 0 Å². The van der Waals surface area contributed by atoms with Gasteiger partial charge in [0.1, 0.15) is 0 Å². The van der Waals surface area contributed by atoms with E-state index in [4.69, 9.17) is 0 Å². The molecule has 0 saturated heterocycles. The van der Waals surface area contributed by atoms with Crippen molar-refractivity contribution >= 4 is 0 Å². The average Bonchev–Trinajstić information content (AvgIpc) is 1.88. The van der Waals surface area contributed by atoms with Gasteiger partial charge in [-0.2, -0.15) is 11.8 Å². The van der Waals surface area contributed by atoms with E-state index in [0.29, 0.717) is 0 Å². The molecule has 0 aromatic rings. The minimum atomic E-state index is 0. The van der Waals surface area contributed by atoms with Crippen molar-refractivity contribution in [1.29, 1.82) is 0 Å². The zero-order valence-corrected chi connectivity index (χ0v) is 8.27. The molecule has 1 fully saturated rings. The number of rotatable bonds is 2. The van der Waals surface area contributed by atoms with E-state index in [0.717, 1.165) is 11.8 Å². The Bertz CT molecular complexity index is 88.9. The molecular formula is C10H19Li. The van der Waals surface area contributed by atoms with E-state index in [1.165, 1.54) is 32.1 Å². The van der Waals surface area contributed by atoms with E-state index in [1.807, 2.05) is 0 Å². The fourth-order valence-electron chi connectivity index (χ4n) is 1.97. The molecule has 0 bridgehead atoms. The Morgan fingerprint density at radius 1 is 1.36 bits per heavy atom. The molecule has 0 aliphatic heterocycles. The summed E-state index contributed by atoms with van der Waals surface area (Å²) in [5, 5.41) is 0. The summed E-state index contributed by atoms with van der Waals surface area (Å²) in [4.78, 5) is 0. The Morgan fingerprint density at radius 2 is 2.09 bits per heavy atom. The van der Waals surface area contributed by atoms with Crippen molar-refractivity contribution in [3.63, 3.8) is 0 Å². The summed E-state index contributed by atoms with van der Waals surface area (Å²) in [6, 6.07) is 0. The molecule has 1 aliphatic rings. The van der Waals surface area contributed by atoms with Gasteiger partial charge in [-0.25, -0.2) is 0 Å². The first kappa shape index (κ1) is 11.6. The fourth-order valence-corrected chi connectivity index (χ4v) is 1.97. The number of hydrogen-bond acceptors (Lipinski definition) is 0. The Morgan fingerprint density at radius 3 is 2.64 bits per heavy atom. The summed E-state index contributed by atoms with van der Waals surface area (Å²) in [6.07, 6.45) is 9.69. The van der Waals surface area contributed by atoms with Crippen LogP contribution in [0.2, 0.25) is 0 Å². The van der Waals surface area contributed by atoms with Crippen LogP contribution in [0.3, 0.4) is 0 Å². The third-order valence-electron chi connectivity index (χ3n) is 2.49. The van der Waals surface area contributed by atoms with Crippen molar-refractivity contribution in [2.24, 2.45) is 11.8 Å². The van der Waals surface area contributed by atoms with Gasteiger partial charge in [0.2, 0.25) is 0 Å². The molecule has 60 valence electrons. The minimum Gasteiger partial charge on any atom is -0.323 e. The first-order valence-corrected chi connectivity index (χ1v) is 4.68. The second kappa shape index (κ2) is 6.15. The van der Waals surface area contributed by atoms with E-state index >= 15 is 0 Å². The zero-order valence-electron chi connectivity index (χ0n) is 8.27. The van der Waals surface area contributed by atoms with Gasteiger partial charge in [0.05, 0.1) is 0 Å². The molecule has 1 aliphatic carbocycles. The molecular weight excluding hydrogens is 127 g/mol. The molecule has 0 aromatic carbocycles. The molecule has 11 heavy (non-hydrogen) atoms. The smallest absolute Gasteiger partial charge is 0.323 e. The van der Waals surface area contributed by atoms with Gasteiger partial charge in [-0.1, -0.05) is 46.0 Å². The van der Waals surface area contributed by atoms with E-state index < -0.39 is 0 Å². The van der Waals surface area contributed by atoms with E-state index in [2.05, 4.69) is 20.3 Å². The summed E-state index contributed by atoms with van der Waals surface area (Å²) >= 11 is 0. The van der Waals surface area contributed by atoms with Crippen molar-refractivity contribution in [3.8, 4) is 0 Å². The Balaban J connectivity index is 0.000001000. The normalized spacial score (nSPS) is 31.1. The third-order valence-corrected chi connectivity index (χ3v) is 2.49. The quantitative estimate of drug-likeness (QED) is 0.391. The van der Waals surface area contributed by atoms with Crippen LogP contribution in [0, 0.1) is 18.3 Å². The number of hydrogen-bond donors (Lipinski definition) is 0. The monoisotopic (exact) mass is 146 g/mol. The minimum absolute atomic E-state index is 0. The molecule has 0 spiro atoms. The Hall–Kier alpha value is 0.597. The zero-order chi connectivity index (χ0) is 7.40. The van der Waals surface area contributed by atoms with Gasteiger partial charge in [0.15, 0.2) is 0 Å². The molecule has 2 unspecified atom stereocenters. The van der Waals surface area contributed by atoms with Crippen molar-refractivity contribution < 1.29 is 18.9 Å². The SMILES string of the molecule is CCCC1[CH-]C(C)CCC1.[Li+]. The van der Waals surface area contributed by atoms with Crippen LogP contribution in [0.5, 0.6) is 0 Å². The van der Waals surface area contributed by atoms with Crippen LogP contribution in [-0.2, 0) is 0 Å². The molecule has 2 atom stereocenters. The molecule has 0 amide bonds. The summed E-state index contributed by atoms with van der Waals surface area (Å²) in [5.74, 6) is 1.85. The second-order valence-corrected chi connectivity index (χ2v) is 3.65. The van der Waals surface area contributed by atoms with Gasteiger partial charge in [0, 0.05) is 0 Å². The molecule has 0 aromatic heterocycles. The van der Waals surface area contributed by atoms with Crippen LogP contribution in [-0.4, -0.2) is 0 Å². The predicted molar refractivity (Wildman–Crippen MR) is 45.7 cm³/mol. The largest absolute Gasteiger partial charge is 1.00 e. The van der Waals surface area contributed by atoms with Crippen LogP contribution in [0.1, 0.15) is 46.0 Å². The first-order chi connectivity index (χ1) is 4.83. The maximum atomic E-state index is 2.56. The second-order valence-electron chi connectivity index (χ2n) is 3.65. The van der Waals surface area contributed by atoms with Crippen molar-refractivity contribution in [1.82, 2.24) is 0 Å². The van der Waals surface area contributed by atoms with Crippen LogP contribution in [0.15, 0.2) is 0 Å². The molecule has 0 nitrogen and oxygen atoms in total. The van der Waals surface area contributed by atoms with E-state index in [9.17, 15) is 0 Å². The average molecular weight is 146 g/mol. The summed E-state index contributed by atoms with van der Waals surface area (Å²) in [6.45, 7) is 4.63. The van der Waals surface area contributed by atoms with Gasteiger partial charge in [0.25, 0.3) is 0 Å². The first-order valence-electron chi connectivity index (χ1n) is 4.68. The van der Waals surface area contributed by atoms with Crippen molar-refractivity contribution in [2.75, 3.05) is 0 Å². The van der Waals surface area contributed by atoms with Crippen LogP contribution >= 0.6 is 0 Å². The molecule has 0 heterocycles. The maximum absolute atomic E-state index is 2.56. The molecule has 1 rings (SSSR count). The molecule has 1 saturated carbocycles. The van der Waals surface area contributed by atoms with Crippen molar-refractivity contribution in [2.45, 2.75) is 46.0 Å². The van der Waals surface area contributed by atoms with E-state index in [-0.39, 0.29) is 18.9 Å². The van der Waals surface area contributed by atoms with Crippen LogP contribution in [0.25, 0.3) is 0 Å². The predicted octanol–water partition coefficient (Wildman–Crippen LogP) is 0.431. The van der Waals surface area contributed by atoms with Crippen LogP contribution < -0.4 is 18.9 Å². The topological polar surface area (TPSA) is 0 Å². The fraction of sp³-hybridized carbons (Fsp3) is 0.900. The maximum Gasteiger partial charge on any atom is 1.00 e. The third kappa shape index (κ3) is 4.24. The summed E-state index contributed by atoms with van der Waals surface area (Å²) in [5.41, 5.74) is 0. The summed E-state index contributed by atoms with van der Waals surface area (Å²) in [7, 11) is 0. The van der Waals surface area contributed by atoms with Gasteiger partial charge < -0.3 is 6.42 Å². The van der Waals surface area contributed by atoms with E-state index in [1.54, 1.807) is 0 Å². The standard InChI is InChI=1S/C10H19.Li/c1-3-5-10-7-4-6-9(2)8-10;/h8-10H,3-7H2,1-2H3;/q-1;+1. The van der Waals surface area contributed by atoms with Gasteiger partial charge in [-0.05, 0) is 0 Å². The summed E-state index contributed by atoms with van der Waals surface area (Å²) < 4.78 is 0. The van der Waals surface area contributed by atoms with Gasteiger partial charge in [-0.15, -0.1) is 0 Å². The molecule has 0 N–H and O–H groups in total. The Kier molecular flexibility index (Phi) is 6.49. The Labute approximate surface area is 83.3 Å². The molecule has 1 heteroatoms.